The lowest BCUT2D eigenvalue weighted by Gasteiger charge is -2.49. The Balaban J connectivity index is 1.24. The molecule has 3 fully saturated rings. The van der Waals surface area contributed by atoms with Crippen LogP contribution in [0.2, 0.25) is 0 Å². The Morgan fingerprint density at radius 3 is 2.07 bits per heavy atom. The molecule has 2 atom stereocenters. The minimum atomic E-state index is -1.03. The molecule has 2 saturated heterocycles. The number of rotatable bonds is 8. The molecule has 4 amide bonds. The van der Waals surface area contributed by atoms with Gasteiger partial charge in [0.25, 0.3) is 11.8 Å². The molecular weight excluding hydrogens is 562 g/mol. The molecule has 1 aromatic carbocycles. The second-order valence-corrected chi connectivity index (χ2v) is 13.5. The Morgan fingerprint density at radius 1 is 0.909 bits per heavy atom. The van der Waals surface area contributed by atoms with E-state index in [1.54, 1.807) is 24.3 Å². The van der Waals surface area contributed by atoms with Crippen molar-refractivity contribution in [3.63, 3.8) is 0 Å². The van der Waals surface area contributed by atoms with Gasteiger partial charge in [0.05, 0.1) is 11.1 Å². The number of amides is 4. The summed E-state index contributed by atoms with van der Waals surface area (Å²) < 4.78 is 0. The van der Waals surface area contributed by atoms with Crippen LogP contribution in [0, 0.1) is 5.41 Å². The van der Waals surface area contributed by atoms with Gasteiger partial charge < -0.3 is 37.4 Å². The van der Waals surface area contributed by atoms with E-state index >= 15 is 0 Å². The molecule has 1 aromatic heterocycles. The Kier molecular flexibility index (Phi) is 8.46. The van der Waals surface area contributed by atoms with E-state index in [9.17, 15) is 24.3 Å². The van der Waals surface area contributed by atoms with Crippen molar-refractivity contribution in [3.8, 4) is 0 Å². The highest BCUT2D eigenvalue weighted by Gasteiger charge is 2.46. The molecule has 12 nitrogen and oxygen atoms in total. The molecule has 1 aliphatic carbocycles. The highest BCUT2D eigenvalue weighted by Crippen LogP contribution is 2.43. The number of anilines is 2. The number of piperidine rings is 1. The molecule has 8 N–H and O–H groups in total. The van der Waals surface area contributed by atoms with Crippen molar-refractivity contribution in [1.82, 2.24) is 15.6 Å². The first-order chi connectivity index (χ1) is 20.8. The predicted molar refractivity (Wildman–Crippen MR) is 167 cm³/mol. The molecule has 0 unspecified atom stereocenters. The van der Waals surface area contributed by atoms with Crippen LogP contribution in [-0.2, 0) is 0 Å². The summed E-state index contributed by atoms with van der Waals surface area (Å²) in [5.41, 5.74) is 11.8. The van der Waals surface area contributed by atoms with Gasteiger partial charge in [-0.2, -0.15) is 0 Å². The normalized spacial score (nSPS) is 26.5. The van der Waals surface area contributed by atoms with E-state index in [1.165, 1.54) is 6.20 Å². The van der Waals surface area contributed by atoms with Crippen LogP contribution in [0.5, 0.6) is 0 Å². The first-order valence-corrected chi connectivity index (χ1v) is 15.3. The molecule has 0 spiro atoms. The number of carbonyl (C=O) groups excluding carboxylic acids is 3. The van der Waals surface area contributed by atoms with Crippen LogP contribution in [0.15, 0.2) is 36.5 Å². The Labute approximate surface area is 257 Å². The third kappa shape index (κ3) is 6.29. The van der Waals surface area contributed by atoms with Crippen molar-refractivity contribution >= 4 is 35.3 Å². The van der Waals surface area contributed by atoms with Gasteiger partial charge in [-0.1, -0.05) is 20.8 Å². The van der Waals surface area contributed by atoms with Crippen molar-refractivity contribution in [2.24, 2.45) is 16.9 Å². The maximum atomic E-state index is 13.4. The average molecular weight is 606 g/mol. The number of primary amides is 2. The third-order valence-electron chi connectivity index (χ3n) is 9.89. The van der Waals surface area contributed by atoms with Crippen LogP contribution in [0.3, 0.4) is 0 Å². The van der Waals surface area contributed by atoms with E-state index in [1.807, 2.05) is 26.8 Å². The number of nitrogens with one attached hydrogen (secondary N) is 3. The van der Waals surface area contributed by atoms with Crippen LogP contribution >= 0.6 is 0 Å². The van der Waals surface area contributed by atoms with Crippen molar-refractivity contribution in [3.05, 3.63) is 53.2 Å². The zero-order chi connectivity index (χ0) is 31.8. The zero-order valence-electron chi connectivity index (χ0n) is 25.6. The first-order valence-electron chi connectivity index (χ1n) is 15.3. The number of hydrogen-bond donors (Lipinski definition) is 6. The molecule has 0 radical (unpaired) electrons. The largest absolute Gasteiger partial charge is 0.465 e. The first kappa shape index (κ1) is 31.1. The predicted octanol–water partition coefficient (Wildman–Crippen LogP) is 3.62. The molecule has 1 saturated carbocycles. The van der Waals surface area contributed by atoms with E-state index in [2.05, 4.69) is 25.8 Å². The molecular formula is C32H43N7O5. The molecule has 2 aliphatic heterocycles. The van der Waals surface area contributed by atoms with Gasteiger partial charge >= 0.3 is 6.09 Å². The van der Waals surface area contributed by atoms with Crippen LogP contribution in [0.4, 0.5) is 16.3 Å². The van der Waals surface area contributed by atoms with Gasteiger partial charge in [0.1, 0.15) is 5.82 Å². The number of aromatic nitrogens is 1. The Morgan fingerprint density at radius 2 is 1.55 bits per heavy atom. The molecule has 3 aliphatic rings. The lowest BCUT2D eigenvalue weighted by Crippen LogP contribution is -2.59. The number of nitrogens with zero attached hydrogens (tertiary/aromatic N) is 2. The Bertz CT molecular complexity index is 1420. The fraction of sp³-hybridized carbons (Fsp3) is 0.531. The summed E-state index contributed by atoms with van der Waals surface area (Å²) in [7, 11) is 0. The van der Waals surface area contributed by atoms with E-state index in [0.717, 1.165) is 31.5 Å². The van der Waals surface area contributed by atoms with Crippen molar-refractivity contribution in [2.75, 3.05) is 10.2 Å². The smallest absolute Gasteiger partial charge is 0.405 e. The number of pyridine rings is 1. The summed E-state index contributed by atoms with van der Waals surface area (Å²) in [5.74, 6) is -0.503. The Hall–Kier alpha value is -4.35. The second kappa shape index (κ2) is 12.0. The number of carboxylic acid groups (broad SMARTS) is 1. The molecule has 44 heavy (non-hydrogen) atoms. The van der Waals surface area contributed by atoms with Gasteiger partial charge in [0.2, 0.25) is 5.91 Å². The average Bonchev–Trinajstić information content (AvgIpc) is 3.22. The molecule has 3 heterocycles. The van der Waals surface area contributed by atoms with Gasteiger partial charge in [0.15, 0.2) is 0 Å². The summed E-state index contributed by atoms with van der Waals surface area (Å²) in [6.07, 6.45) is 6.66. The molecule has 5 rings (SSSR count). The summed E-state index contributed by atoms with van der Waals surface area (Å²) in [6, 6.07) is 8.84. The van der Waals surface area contributed by atoms with Gasteiger partial charge in [-0.05, 0) is 87.1 Å². The second-order valence-electron chi connectivity index (χ2n) is 13.5. The van der Waals surface area contributed by atoms with Crippen molar-refractivity contribution in [2.45, 2.75) is 102 Å². The van der Waals surface area contributed by atoms with Crippen molar-refractivity contribution < 1.29 is 24.3 Å². The highest BCUT2D eigenvalue weighted by molar-refractivity contribution is 6.02. The van der Waals surface area contributed by atoms with Crippen LogP contribution in [0.25, 0.3) is 0 Å². The minimum Gasteiger partial charge on any atom is -0.465 e. The van der Waals surface area contributed by atoms with E-state index in [4.69, 9.17) is 11.5 Å². The lowest BCUT2D eigenvalue weighted by atomic mass is 9.64. The number of carbonyl (C=O) groups is 4. The zero-order valence-corrected chi connectivity index (χ0v) is 25.6. The van der Waals surface area contributed by atoms with E-state index in [0.29, 0.717) is 48.1 Å². The van der Waals surface area contributed by atoms with E-state index < -0.39 is 23.4 Å². The summed E-state index contributed by atoms with van der Waals surface area (Å²) in [5, 5.41) is 18.9. The summed E-state index contributed by atoms with van der Waals surface area (Å²) in [6.45, 7) is 6.12. The number of fused-ring (bicyclic) bond motifs is 2. The van der Waals surface area contributed by atoms with Crippen LogP contribution in [0.1, 0.15) is 103 Å². The molecule has 2 aromatic rings. The monoisotopic (exact) mass is 605 g/mol. The molecule has 2 bridgehead atoms. The van der Waals surface area contributed by atoms with E-state index in [-0.39, 0.29) is 35.5 Å². The maximum absolute atomic E-state index is 13.4. The number of nitrogens with two attached hydrogens (primary N) is 2. The van der Waals surface area contributed by atoms with Crippen molar-refractivity contribution in [1.29, 1.82) is 0 Å². The summed E-state index contributed by atoms with van der Waals surface area (Å²) >= 11 is 0. The standard InChI is InChI=1S/C32H43N7O5/c1-31(2,3)32(38-30(43)44)12-10-20(11-13-32)36-25-14-18(4-8-24(25)28(34)41)29(42)37-21-15-22-6-7-23(16-21)39(22)26-9-5-19(17-35-26)27(33)40/h4-5,8-9,14,17,20-23,36,38H,6-7,10-13,15-16H2,1-3H3,(H2,33,40)(H2,34,41)(H,37,42)(H,43,44)/t20?,22-,23-,32?/m1/s1. The van der Waals surface area contributed by atoms with Gasteiger partial charge in [-0.3, -0.25) is 14.4 Å². The topological polar surface area (TPSA) is 193 Å². The minimum absolute atomic E-state index is 0.0110. The van der Waals surface area contributed by atoms with Crippen LogP contribution in [-0.4, -0.2) is 63.6 Å². The third-order valence-corrected chi connectivity index (χ3v) is 9.89. The lowest BCUT2D eigenvalue weighted by molar-refractivity contribution is 0.0804. The maximum Gasteiger partial charge on any atom is 0.405 e. The summed E-state index contributed by atoms with van der Waals surface area (Å²) in [4.78, 5) is 55.5. The van der Waals surface area contributed by atoms with Crippen LogP contribution < -0.4 is 32.3 Å². The highest BCUT2D eigenvalue weighted by atomic mass is 16.4. The SMILES string of the molecule is CC(C)(C)C1(NC(=O)O)CCC(Nc2cc(C(=O)NC3C[C@H]4CC[C@H](C3)N4c3ccc(C(N)=O)cn3)ccc2C(N)=O)CC1. The van der Waals surface area contributed by atoms with Gasteiger partial charge in [-0.25, -0.2) is 9.78 Å². The molecule has 12 heteroatoms. The fourth-order valence-electron chi connectivity index (χ4n) is 7.38. The van der Waals surface area contributed by atoms with Gasteiger partial charge in [0, 0.05) is 47.2 Å². The molecule has 236 valence electrons. The number of hydrogen-bond acceptors (Lipinski definition) is 7. The fourth-order valence-corrected chi connectivity index (χ4v) is 7.38. The van der Waals surface area contributed by atoms with Gasteiger partial charge in [-0.15, -0.1) is 0 Å². The number of benzene rings is 1. The quantitative estimate of drug-likeness (QED) is 0.263.